The van der Waals surface area contributed by atoms with Crippen LogP contribution in [-0.4, -0.2) is 42.7 Å². The molecule has 0 saturated carbocycles. The third-order valence-electron chi connectivity index (χ3n) is 3.68. The Hall–Kier alpha value is -2.11. The minimum atomic E-state index is -0.259. The van der Waals surface area contributed by atoms with Gasteiger partial charge in [0.1, 0.15) is 0 Å². The summed E-state index contributed by atoms with van der Waals surface area (Å²) in [5.41, 5.74) is 1.89. The van der Waals surface area contributed by atoms with Gasteiger partial charge in [0, 0.05) is 31.6 Å². The molecule has 2 atom stereocenters. The molecule has 1 aromatic carbocycles. The molecule has 0 aliphatic rings. The van der Waals surface area contributed by atoms with E-state index in [2.05, 4.69) is 10.3 Å². The van der Waals surface area contributed by atoms with Gasteiger partial charge >= 0.3 is 6.03 Å². The number of rotatable bonds is 6. The molecule has 2 amide bonds. The number of hydrogen-bond acceptors (Lipinski definition) is 3. The minimum Gasteiger partial charge on any atom is -0.383 e. The maximum absolute atomic E-state index is 12.6. The Morgan fingerprint density at radius 1 is 1.29 bits per heavy atom. The number of nitrogens with zero attached hydrogens (tertiary/aromatic N) is 2. The number of carbonyl (C=O) groups excluding carboxylic acids is 1. The molecule has 0 aliphatic heterocycles. The third-order valence-corrected chi connectivity index (χ3v) is 3.93. The van der Waals surface area contributed by atoms with Gasteiger partial charge in [-0.3, -0.25) is 4.98 Å². The van der Waals surface area contributed by atoms with Gasteiger partial charge in [-0.25, -0.2) is 4.79 Å². The molecule has 0 spiro atoms. The quantitative estimate of drug-likeness (QED) is 0.870. The first kappa shape index (κ1) is 18.2. The van der Waals surface area contributed by atoms with Gasteiger partial charge in [0.2, 0.25) is 0 Å². The number of pyridine rings is 1. The largest absolute Gasteiger partial charge is 0.383 e. The van der Waals surface area contributed by atoms with Crippen molar-refractivity contribution in [3.8, 4) is 0 Å². The van der Waals surface area contributed by atoms with Crippen molar-refractivity contribution in [1.82, 2.24) is 15.2 Å². The fourth-order valence-corrected chi connectivity index (χ4v) is 2.67. The van der Waals surface area contributed by atoms with Crippen molar-refractivity contribution >= 4 is 17.6 Å². The predicted octanol–water partition coefficient (Wildman–Crippen LogP) is 3.50. The molecule has 0 fully saturated rings. The monoisotopic (exact) mass is 347 g/mol. The molecule has 0 saturated heterocycles. The van der Waals surface area contributed by atoms with E-state index in [4.69, 9.17) is 16.3 Å². The van der Waals surface area contributed by atoms with Gasteiger partial charge in [-0.2, -0.15) is 0 Å². The Morgan fingerprint density at radius 3 is 2.58 bits per heavy atom. The van der Waals surface area contributed by atoms with Crippen LogP contribution in [-0.2, 0) is 4.74 Å². The Bertz CT molecular complexity index is 649. The summed E-state index contributed by atoms with van der Waals surface area (Å²) in [5.74, 6) is 0. The van der Waals surface area contributed by atoms with Crippen LogP contribution in [0.25, 0.3) is 0 Å². The summed E-state index contributed by atoms with van der Waals surface area (Å²) in [6.07, 6.45) is 3.48. The van der Waals surface area contributed by atoms with Crippen LogP contribution in [0.3, 0.4) is 0 Å². The normalized spacial score (nSPS) is 13.2. The van der Waals surface area contributed by atoms with Gasteiger partial charge < -0.3 is 15.0 Å². The summed E-state index contributed by atoms with van der Waals surface area (Å²) in [4.78, 5) is 18.4. The molecule has 2 unspecified atom stereocenters. The van der Waals surface area contributed by atoms with Gasteiger partial charge in [0.05, 0.1) is 18.7 Å². The molecule has 5 nitrogen and oxygen atoms in total. The van der Waals surface area contributed by atoms with Crippen LogP contribution in [0.4, 0.5) is 4.79 Å². The number of nitrogens with one attached hydrogen (secondary N) is 1. The highest BCUT2D eigenvalue weighted by Gasteiger charge is 2.24. The Kier molecular flexibility index (Phi) is 6.58. The zero-order valence-corrected chi connectivity index (χ0v) is 14.8. The molecule has 6 heteroatoms. The average Bonchev–Trinajstić information content (AvgIpc) is 2.58. The molecule has 0 radical (unpaired) electrons. The first-order valence-electron chi connectivity index (χ1n) is 7.70. The molecule has 0 aliphatic carbocycles. The van der Waals surface area contributed by atoms with Crippen LogP contribution >= 0.6 is 11.6 Å². The van der Waals surface area contributed by atoms with Crippen molar-refractivity contribution in [1.29, 1.82) is 0 Å². The Labute approximate surface area is 147 Å². The molecule has 0 bridgehead atoms. The Balaban J connectivity index is 2.28. The predicted molar refractivity (Wildman–Crippen MR) is 95.2 cm³/mol. The topological polar surface area (TPSA) is 54.5 Å². The number of hydrogen-bond donors (Lipinski definition) is 1. The molecular formula is C18H22ClN3O2. The minimum absolute atomic E-state index is 0.0790. The van der Waals surface area contributed by atoms with Crippen molar-refractivity contribution in [3.63, 3.8) is 0 Å². The fraction of sp³-hybridized carbons (Fsp3) is 0.333. The molecule has 2 rings (SSSR count). The highest BCUT2D eigenvalue weighted by molar-refractivity contribution is 6.30. The first-order chi connectivity index (χ1) is 11.5. The van der Waals surface area contributed by atoms with Crippen molar-refractivity contribution in [2.45, 2.75) is 19.0 Å². The molecule has 128 valence electrons. The number of aromatic nitrogens is 1. The van der Waals surface area contributed by atoms with Crippen molar-refractivity contribution < 1.29 is 9.53 Å². The van der Waals surface area contributed by atoms with Crippen molar-refractivity contribution in [2.24, 2.45) is 0 Å². The second-order valence-corrected chi connectivity index (χ2v) is 6.09. The van der Waals surface area contributed by atoms with Crippen molar-refractivity contribution in [2.75, 3.05) is 20.8 Å². The second-order valence-electron chi connectivity index (χ2n) is 5.66. The number of carbonyl (C=O) groups is 1. The lowest BCUT2D eigenvalue weighted by molar-refractivity contribution is 0.159. The fourth-order valence-electron chi connectivity index (χ4n) is 2.54. The third kappa shape index (κ3) is 4.69. The van der Waals surface area contributed by atoms with E-state index in [1.807, 2.05) is 43.3 Å². The molecule has 1 N–H and O–H groups in total. The summed E-state index contributed by atoms with van der Waals surface area (Å²) in [6.45, 7) is 2.36. The highest BCUT2D eigenvalue weighted by atomic mass is 35.5. The molecular weight excluding hydrogens is 326 g/mol. The molecule has 24 heavy (non-hydrogen) atoms. The van der Waals surface area contributed by atoms with Crippen LogP contribution < -0.4 is 5.32 Å². The maximum atomic E-state index is 12.6. The standard InChI is InChI=1S/C18H22ClN3O2/c1-13(12-24-3)21-18(23)22(2)17(15-5-4-10-20-11-15)14-6-8-16(19)9-7-14/h4-11,13,17H,12H2,1-3H3,(H,21,23). The van der Waals surface area contributed by atoms with Crippen LogP contribution in [0, 0.1) is 0 Å². The zero-order chi connectivity index (χ0) is 17.5. The highest BCUT2D eigenvalue weighted by Crippen LogP contribution is 2.28. The number of amides is 2. The molecule has 2 aromatic rings. The molecule has 1 aromatic heterocycles. The SMILES string of the molecule is COCC(C)NC(=O)N(C)C(c1ccc(Cl)cc1)c1cccnc1. The number of urea groups is 1. The second kappa shape index (κ2) is 8.66. The number of benzene rings is 1. The van der Waals surface area contributed by atoms with Crippen LogP contribution in [0.1, 0.15) is 24.1 Å². The summed E-state index contributed by atoms with van der Waals surface area (Å²) in [5, 5.41) is 3.58. The van der Waals surface area contributed by atoms with Gasteiger partial charge in [-0.05, 0) is 36.2 Å². The van der Waals surface area contributed by atoms with Gasteiger partial charge in [0.25, 0.3) is 0 Å². The Morgan fingerprint density at radius 2 is 2.00 bits per heavy atom. The molecule has 1 heterocycles. The summed E-state index contributed by atoms with van der Waals surface area (Å²) in [7, 11) is 3.37. The van der Waals surface area contributed by atoms with Crippen LogP contribution in [0.5, 0.6) is 0 Å². The van der Waals surface area contributed by atoms with Crippen LogP contribution in [0.2, 0.25) is 5.02 Å². The van der Waals surface area contributed by atoms with E-state index in [-0.39, 0.29) is 18.1 Å². The van der Waals surface area contributed by atoms with Gasteiger partial charge in [-0.1, -0.05) is 29.8 Å². The zero-order valence-electron chi connectivity index (χ0n) is 14.1. The summed E-state index contributed by atoms with van der Waals surface area (Å²) < 4.78 is 5.07. The van der Waals surface area contributed by atoms with E-state index in [1.165, 1.54) is 0 Å². The summed E-state index contributed by atoms with van der Waals surface area (Å²) >= 11 is 5.99. The smallest absolute Gasteiger partial charge is 0.318 e. The average molecular weight is 348 g/mol. The lowest BCUT2D eigenvalue weighted by Gasteiger charge is -2.30. The van der Waals surface area contributed by atoms with E-state index >= 15 is 0 Å². The summed E-state index contributed by atoms with van der Waals surface area (Å²) in [6, 6.07) is 10.8. The van der Waals surface area contributed by atoms with Gasteiger partial charge in [0.15, 0.2) is 0 Å². The van der Waals surface area contributed by atoms with Crippen LogP contribution in [0.15, 0.2) is 48.8 Å². The first-order valence-corrected chi connectivity index (χ1v) is 8.08. The van der Waals surface area contributed by atoms with E-state index in [9.17, 15) is 4.79 Å². The van der Waals surface area contributed by atoms with Gasteiger partial charge in [-0.15, -0.1) is 0 Å². The number of halogens is 1. The van der Waals surface area contributed by atoms with Crippen molar-refractivity contribution in [3.05, 3.63) is 64.9 Å². The number of methoxy groups -OCH3 is 1. The lowest BCUT2D eigenvalue weighted by atomic mass is 9.99. The maximum Gasteiger partial charge on any atom is 0.318 e. The lowest BCUT2D eigenvalue weighted by Crippen LogP contribution is -2.45. The van der Waals surface area contributed by atoms with E-state index < -0.39 is 0 Å². The number of ether oxygens (including phenoxy) is 1. The van der Waals surface area contributed by atoms with E-state index in [1.54, 1.807) is 31.5 Å². The van der Waals surface area contributed by atoms with E-state index in [0.717, 1.165) is 11.1 Å². The van der Waals surface area contributed by atoms with E-state index in [0.29, 0.717) is 11.6 Å².